The number of carbonyl (C=O) groups is 1. The predicted octanol–water partition coefficient (Wildman–Crippen LogP) is -0.284. The minimum absolute atomic E-state index is 0.122. The van der Waals surface area contributed by atoms with Gasteiger partial charge < -0.3 is 16.4 Å². The highest BCUT2D eigenvalue weighted by Gasteiger charge is 2.30. The van der Waals surface area contributed by atoms with E-state index in [4.69, 9.17) is 5.73 Å². The van der Waals surface area contributed by atoms with Crippen LogP contribution in [0.4, 0.5) is 5.82 Å². The summed E-state index contributed by atoms with van der Waals surface area (Å²) >= 11 is 0. The maximum atomic E-state index is 12.1. The molecule has 2 fully saturated rings. The van der Waals surface area contributed by atoms with Crippen molar-refractivity contribution in [3.63, 3.8) is 0 Å². The number of nitrogen functional groups attached to an aromatic ring is 1. The van der Waals surface area contributed by atoms with Crippen LogP contribution in [0.2, 0.25) is 0 Å². The van der Waals surface area contributed by atoms with Gasteiger partial charge in [-0.05, 0) is 18.9 Å². The smallest absolute Gasteiger partial charge is 0.238 e. The Labute approximate surface area is 118 Å². The lowest BCUT2D eigenvalue weighted by molar-refractivity contribution is -0.124. The van der Waals surface area contributed by atoms with Crippen LogP contribution in [-0.4, -0.2) is 47.5 Å². The largest absolute Gasteiger partial charge is 0.383 e. The first-order chi connectivity index (χ1) is 9.72. The van der Waals surface area contributed by atoms with Crippen molar-refractivity contribution in [2.45, 2.75) is 31.5 Å². The number of nitrogens with zero attached hydrogens (tertiary/aromatic N) is 2. The highest BCUT2D eigenvalue weighted by Crippen LogP contribution is 2.19. The summed E-state index contributed by atoms with van der Waals surface area (Å²) in [7, 11) is 0. The monoisotopic (exact) mass is 275 g/mol. The Morgan fingerprint density at radius 3 is 3.15 bits per heavy atom. The highest BCUT2D eigenvalue weighted by atomic mass is 16.2. The number of hydrogen-bond acceptors (Lipinski definition) is 5. The van der Waals surface area contributed by atoms with E-state index in [2.05, 4.69) is 20.5 Å². The van der Waals surface area contributed by atoms with Crippen LogP contribution >= 0.6 is 0 Å². The Kier molecular flexibility index (Phi) is 3.84. The van der Waals surface area contributed by atoms with Crippen molar-refractivity contribution in [2.75, 3.05) is 25.4 Å². The lowest BCUT2D eigenvalue weighted by atomic mass is 10.1. The number of amides is 1. The molecule has 1 aliphatic heterocycles. The van der Waals surface area contributed by atoms with Crippen LogP contribution in [0.15, 0.2) is 18.3 Å². The normalized spacial score (nSPS) is 23.5. The van der Waals surface area contributed by atoms with Gasteiger partial charge in [0.1, 0.15) is 5.82 Å². The molecule has 20 heavy (non-hydrogen) atoms. The lowest BCUT2D eigenvalue weighted by Gasteiger charge is -2.33. The van der Waals surface area contributed by atoms with E-state index in [1.807, 2.05) is 12.1 Å². The van der Waals surface area contributed by atoms with Gasteiger partial charge >= 0.3 is 0 Å². The van der Waals surface area contributed by atoms with E-state index in [1.54, 1.807) is 6.20 Å². The number of nitrogens with one attached hydrogen (secondary N) is 2. The van der Waals surface area contributed by atoms with Gasteiger partial charge in [-0.2, -0.15) is 0 Å². The predicted molar refractivity (Wildman–Crippen MR) is 76.9 cm³/mol. The van der Waals surface area contributed by atoms with Crippen LogP contribution in [0.1, 0.15) is 18.4 Å². The number of nitrogens with two attached hydrogens (primary N) is 1. The molecule has 4 N–H and O–H groups in total. The lowest BCUT2D eigenvalue weighted by Crippen LogP contribution is -2.57. The third-order valence-corrected chi connectivity index (χ3v) is 3.82. The molecule has 2 heterocycles. The van der Waals surface area contributed by atoms with Gasteiger partial charge in [0.15, 0.2) is 0 Å². The first kappa shape index (κ1) is 13.3. The second-order valence-corrected chi connectivity index (χ2v) is 5.57. The number of carbonyl (C=O) groups excluding carboxylic acids is 1. The van der Waals surface area contributed by atoms with Crippen molar-refractivity contribution < 1.29 is 4.79 Å². The molecule has 108 valence electrons. The Hall–Kier alpha value is -1.66. The minimum Gasteiger partial charge on any atom is -0.383 e. The van der Waals surface area contributed by atoms with Crippen LogP contribution in [0.25, 0.3) is 0 Å². The van der Waals surface area contributed by atoms with E-state index in [0.29, 0.717) is 18.4 Å². The second-order valence-electron chi connectivity index (χ2n) is 5.57. The van der Waals surface area contributed by atoms with Crippen LogP contribution in [0, 0.1) is 0 Å². The average molecular weight is 275 g/mol. The quantitative estimate of drug-likeness (QED) is 0.704. The molecular formula is C14H21N5O. The second kappa shape index (κ2) is 5.76. The third-order valence-electron chi connectivity index (χ3n) is 3.82. The van der Waals surface area contributed by atoms with Gasteiger partial charge in [0, 0.05) is 44.0 Å². The molecular weight excluding hydrogens is 254 g/mol. The highest BCUT2D eigenvalue weighted by molar-refractivity contribution is 5.82. The van der Waals surface area contributed by atoms with Crippen LogP contribution < -0.4 is 16.4 Å². The third kappa shape index (κ3) is 3.26. The molecule has 0 bridgehead atoms. The summed E-state index contributed by atoms with van der Waals surface area (Å²) in [5.41, 5.74) is 6.90. The van der Waals surface area contributed by atoms with Gasteiger partial charge in [0.2, 0.25) is 5.91 Å². The van der Waals surface area contributed by atoms with Crippen molar-refractivity contribution in [3.05, 3.63) is 23.9 Å². The van der Waals surface area contributed by atoms with E-state index >= 15 is 0 Å². The number of aromatic nitrogens is 1. The van der Waals surface area contributed by atoms with Gasteiger partial charge in [-0.25, -0.2) is 4.98 Å². The average Bonchev–Trinajstić information content (AvgIpc) is 3.26. The molecule has 3 rings (SSSR count). The molecule has 2 aliphatic rings. The number of piperazine rings is 1. The number of pyridine rings is 1. The summed E-state index contributed by atoms with van der Waals surface area (Å²) in [5, 5.41) is 6.34. The molecule has 1 unspecified atom stereocenters. The SMILES string of the molecule is Nc1ncccc1CN1CCNC(C(=O)NC2CC2)C1. The minimum atomic E-state index is -0.123. The summed E-state index contributed by atoms with van der Waals surface area (Å²) in [6.45, 7) is 3.20. The van der Waals surface area contributed by atoms with E-state index in [9.17, 15) is 4.79 Å². The van der Waals surface area contributed by atoms with Crippen molar-refractivity contribution in [3.8, 4) is 0 Å². The topological polar surface area (TPSA) is 83.3 Å². The van der Waals surface area contributed by atoms with Gasteiger partial charge in [-0.3, -0.25) is 9.69 Å². The molecule has 6 nitrogen and oxygen atoms in total. The Bertz CT molecular complexity index is 488. The van der Waals surface area contributed by atoms with Crippen molar-refractivity contribution in [1.82, 2.24) is 20.5 Å². The molecule has 1 saturated carbocycles. The summed E-state index contributed by atoms with van der Waals surface area (Å²) in [5.74, 6) is 0.696. The summed E-state index contributed by atoms with van der Waals surface area (Å²) < 4.78 is 0. The summed E-state index contributed by atoms with van der Waals surface area (Å²) in [6.07, 6.45) is 3.94. The van der Waals surface area contributed by atoms with Crippen molar-refractivity contribution >= 4 is 11.7 Å². The first-order valence-corrected chi connectivity index (χ1v) is 7.18. The molecule has 0 aromatic carbocycles. The molecule has 1 aromatic heterocycles. The number of hydrogen-bond donors (Lipinski definition) is 3. The van der Waals surface area contributed by atoms with Crippen molar-refractivity contribution in [1.29, 1.82) is 0 Å². The molecule has 0 radical (unpaired) electrons. The van der Waals surface area contributed by atoms with Crippen LogP contribution in [-0.2, 0) is 11.3 Å². The van der Waals surface area contributed by atoms with E-state index in [1.165, 1.54) is 0 Å². The van der Waals surface area contributed by atoms with Gasteiger partial charge in [-0.15, -0.1) is 0 Å². The number of rotatable bonds is 4. The zero-order valence-electron chi connectivity index (χ0n) is 11.5. The molecule has 1 amide bonds. The molecule has 1 atom stereocenters. The summed E-state index contributed by atoms with van der Waals surface area (Å²) in [6, 6.07) is 4.17. The van der Waals surface area contributed by atoms with Gasteiger partial charge in [-0.1, -0.05) is 6.07 Å². The van der Waals surface area contributed by atoms with E-state index in [-0.39, 0.29) is 11.9 Å². The van der Waals surface area contributed by atoms with E-state index < -0.39 is 0 Å². The van der Waals surface area contributed by atoms with Crippen LogP contribution in [0.3, 0.4) is 0 Å². The van der Waals surface area contributed by atoms with Crippen molar-refractivity contribution in [2.24, 2.45) is 0 Å². The Morgan fingerprint density at radius 1 is 1.55 bits per heavy atom. The maximum absolute atomic E-state index is 12.1. The summed E-state index contributed by atoms with van der Waals surface area (Å²) in [4.78, 5) is 18.4. The fourth-order valence-corrected chi connectivity index (χ4v) is 2.49. The zero-order chi connectivity index (χ0) is 13.9. The molecule has 1 aliphatic carbocycles. The van der Waals surface area contributed by atoms with Crippen LogP contribution in [0.5, 0.6) is 0 Å². The standard InChI is InChI=1S/C14H21N5O/c15-13-10(2-1-5-17-13)8-19-7-6-16-12(9-19)14(20)18-11-3-4-11/h1-2,5,11-12,16H,3-4,6-9H2,(H2,15,17)(H,18,20). The fraction of sp³-hybridized carbons (Fsp3) is 0.571. The zero-order valence-corrected chi connectivity index (χ0v) is 11.5. The molecule has 1 saturated heterocycles. The number of anilines is 1. The molecule has 6 heteroatoms. The first-order valence-electron chi connectivity index (χ1n) is 7.18. The fourth-order valence-electron chi connectivity index (χ4n) is 2.49. The molecule has 1 aromatic rings. The van der Waals surface area contributed by atoms with E-state index in [0.717, 1.165) is 38.0 Å². The molecule has 0 spiro atoms. The maximum Gasteiger partial charge on any atom is 0.238 e. The Morgan fingerprint density at radius 2 is 2.40 bits per heavy atom. The van der Waals surface area contributed by atoms with Gasteiger partial charge in [0.05, 0.1) is 6.04 Å². The van der Waals surface area contributed by atoms with Gasteiger partial charge in [0.25, 0.3) is 0 Å². The Balaban J connectivity index is 1.57.